The average Bonchev–Trinajstić information content (AvgIpc) is 2.84. The van der Waals surface area contributed by atoms with E-state index in [0.29, 0.717) is 5.92 Å². The van der Waals surface area contributed by atoms with Gasteiger partial charge in [0.25, 0.3) is 0 Å². The fourth-order valence-electron chi connectivity index (χ4n) is 3.00. The van der Waals surface area contributed by atoms with E-state index in [4.69, 9.17) is 0 Å². The molecule has 0 aliphatic carbocycles. The van der Waals surface area contributed by atoms with E-state index in [1.807, 2.05) is 22.9 Å². The molecule has 3 rings (SSSR count). The van der Waals surface area contributed by atoms with Crippen LogP contribution < -0.4 is 0 Å². The second-order valence-electron chi connectivity index (χ2n) is 6.87. The minimum atomic E-state index is 0.126. The molecule has 1 N–H and O–H groups in total. The lowest BCUT2D eigenvalue weighted by molar-refractivity contribution is 0.438. The first kappa shape index (κ1) is 16.3. The molecule has 0 aliphatic heterocycles. The third kappa shape index (κ3) is 3.21. The molecule has 124 valence electrons. The van der Waals surface area contributed by atoms with Crippen LogP contribution in [0, 0.1) is 19.8 Å². The van der Waals surface area contributed by atoms with Crippen molar-refractivity contribution in [2.45, 2.75) is 34.1 Å². The van der Waals surface area contributed by atoms with Gasteiger partial charge in [0.15, 0.2) is 0 Å². The quantitative estimate of drug-likeness (QED) is 0.729. The largest absolute Gasteiger partial charge is 0.492 e. The molecule has 0 radical (unpaired) electrons. The molecular weight excluding hydrogens is 296 g/mol. The molecule has 0 aliphatic rings. The van der Waals surface area contributed by atoms with Gasteiger partial charge >= 0.3 is 0 Å². The van der Waals surface area contributed by atoms with Gasteiger partial charge in [0.2, 0.25) is 5.88 Å². The molecule has 0 fully saturated rings. The standard InChI is InChI=1S/C21H24N2O/c1-14(2)12-19-20(17-7-5-6-16(4)13-17)23(22-21(19)24)18-10-8-15(3)9-11-18/h5-11,13-14H,12H2,1-4H3,(H,22,24). The zero-order valence-corrected chi connectivity index (χ0v) is 14.7. The summed E-state index contributed by atoms with van der Waals surface area (Å²) in [4.78, 5) is 0. The maximum atomic E-state index is 10.5. The predicted octanol–water partition coefficient (Wildman–Crippen LogP) is 5.06. The van der Waals surface area contributed by atoms with Crippen molar-refractivity contribution in [2.75, 3.05) is 0 Å². The van der Waals surface area contributed by atoms with Crippen LogP contribution in [0.25, 0.3) is 16.9 Å². The highest BCUT2D eigenvalue weighted by atomic mass is 16.3. The van der Waals surface area contributed by atoms with Crippen molar-refractivity contribution < 1.29 is 5.11 Å². The lowest BCUT2D eigenvalue weighted by atomic mass is 9.98. The second kappa shape index (κ2) is 6.52. The van der Waals surface area contributed by atoms with Crippen molar-refractivity contribution in [1.29, 1.82) is 0 Å². The summed E-state index contributed by atoms with van der Waals surface area (Å²) in [7, 11) is 0. The Morgan fingerprint density at radius 2 is 1.71 bits per heavy atom. The summed E-state index contributed by atoms with van der Waals surface area (Å²) in [6.07, 6.45) is 0.793. The fraction of sp³-hybridized carbons (Fsp3) is 0.286. The first-order valence-corrected chi connectivity index (χ1v) is 8.40. The Morgan fingerprint density at radius 3 is 2.33 bits per heavy atom. The van der Waals surface area contributed by atoms with E-state index in [1.165, 1.54) is 11.1 Å². The topological polar surface area (TPSA) is 38.0 Å². The van der Waals surface area contributed by atoms with Crippen LogP contribution in [-0.2, 0) is 6.42 Å². The number of nitrogens with zero attached hydrogens (tertiary/aromatic N) is 2. The minimum Gasteiger partial charge on any atom is -0.492 e. The van der Waals surface area contributed by atoms with Crippen molar-refractivity contribution >= 4 is 0 Å². The van der Waals surface area contributed by atoms with E-state index in [2.05, 4.69) is 63.1 Å². The Morgan fingerprint density at radius 1 is 1.00 bits per heavy atom. The van der Waals surface area contributed by atoms with Crippen LogP contribution in [0.2, 0.25) is 0 Å². The maximum absolute atomic E-state index is 10.5. The number of rotatable bonds is 4. The first-order chi connectivity index (χ1) is 11.5. The Balaban J connectivity index is 2.23. The van der Waals surface area contributed by atoms with Crippen molar-refractivity contribution in [2.24, 2.45) is 5.92 Å². The molecule has 0 atom stereocenters. The van der Waals surface area contributed by atoms with Gasteiger partial charge in [0.05, 0.1) is 11.4 Å². The Labute approximate surface area is 143 Å². The van der Waals surface area contributed by atoms with Crippen molar-refractivity contribution in [3.05, 3.63) is 65.2 Å². The highest BCUT2D eigenvalue weighted by Gasteiger charge is 2.20. The van der Waals surface area contributed by atoms with Gasteiger partial charge in [0.1, 0.15) is 0 Å². The summed E-state index contributed by atoms with van der Waals surface area (Å²) in [5, 5.41) is 14.9. The smallest absolute Gasteiger partial charge is 0.234 e. The summed E-state index contributed by atoms with van der Waals surface area (Å²) >= 11 is 0. The molecule has 0 unspecified atom stereocenters. The molecule has 3 nitrogen and oxygen atoms in total. The fourth-order valence-corrected chi connectivity index (χ4v) is 3.00. The van der Waals surface area contributed by atoms with Gasteiger partial charge in [-0.1, -0.05) is 55.3 Å². The second-order valence-corrected chi connectivity index (χ2v) is 6.87. The van der Waals surface area contributed by atoms with E-state index in [1.54, 1.807) is 0 Å². The van der Waals surface area contributed by atoms with Crippen LogP contribution in [0.15, 0.2) is 48.5 Å². The molecular formula is C21H24N2O. The van der Waals surface area contributed by atoms with Gasteiger partial charge in [-0.25, -0.2) is 4.68 Å². The first-order valence-electron chi connectivity index (χ1n) is 8.40. The lowest BCUT2D eigenvalue weighted by Gasteiger charge is -2.12. The van der Waals surface area contributed by atoms with E-state index in [9.17, 15) is 5.11 Å². The van der Waals surface area contributed by atoms with Gasteiger partial charge < -0.3 is 5.11 Å². The molecule has 3 heteroatoms. The summed E-state index contributed by atoms with van der Waals surface area (Å²) in [6.45, 7) is 8.46. The number of aromatic nitrogens is 2. The number of benzene rings is 2. The van der Waals surface area contributed by atoms with E-state index in [0.717, 1.165) is 28.9 Å². The van der Waals surface area contributed by atoms with Crippen LogP contribution in [-0.4, -0.2) is 14.9 Å². The molecule has 0 saturated carbocycles. The molecule has 0 amide bonds. The Hall–Kier alpha value is -2.55. The molecule has 3 aromatic rings. The van der Waals surface area contributed by atoms with Gasteiger partial charge in [0, 0.05) is 11.1 Å². The maximum Gasteiger partial charge on any atom is 0.234 e. The Bertz CT molecular complexity index is 845. The highest BCUT2D eigenvalue weighted by molar-refractivity contribution is 5.69. The van der Waals surface area contributed by atoms with Crippen molar-refractivity contribution in [3.63, 3.8) is 0 Å². The van der Waals surface area contributed by atoms with Crippen LogP contribution in [0.4, 0.5) is 0 Å². The van der Waals surface area contributed by atoms with Crippen molar-refractivity contribution in [3.8, 4) is 22.8 Å². The van der Waals surface area contributed by atoms with Crippen LogP contribution in [0.5, 0.6) is 5.88 Å². The van der Waals surface area contributed by atoms with Crippen LogP contribution in [0.3, 0.4) is 0 Å². The summed E-state index contributed by atoms with van der Waals surface area (Å²) in [6, 6.07) is 16.6. The summed E-state index contributed by atoms with van der Waals surface area (Å²) in [5.74, 6) is 0.566. The van der Waals surface area contributed by atoms with E-state index >= 15 is 0 Å². The highest BCUT2D eigenvalue weighted by Crippen LogP contribution is 2.34. The van der Waals surface area contributed by atoms with Crippen LogP contribution >= 0.6 is 0 Å². The summed E-state index contributed by atoms with van der Waals surface area (Å²) in [5.41, 5.74) is 6.33. The van der Waals surface area contributed by atoms with E-state index in [-0.39, 0.29) is 5.88 Å². The normalized spacial score (nSPS) is 11.2. The van der Waals surface area contributed by atoms with Gasteiger partial charge in [-0.15, -0.1) is 5.10 Å². The van der Waals surface area contributed by atoms with Crippen LogP contribution in [0.1, 0.15) is 30.5 Å². The molecule has 1 aromatic heterocycles. The Kier molecular flexibility index (Phi) is 4.43. The number of aromatic hydroxyl groups is 1. The summed E-state index contributed by atoms with van der Waals surface area (Å²) < 4.78 is 1.86. The molecule has 0 spiro atoms. The zero-order chi connectivity index (χ0) is 17.3. The molecule has 2 aromatic carbocycles. The monoisotopic (exact) mass is 320 g/mol. The average molecular weight is 320 g/mol. The molecule has 24 heavy (non-hydrogen) atoms. The number of hydrogen-bond acceptors (Lipinski definition) is 2. The van der Waals surface area contributed by atoms with Gasteiger partial charge in [-0.2, -0.15) is 0 Å². The molecule has 1 heterocycles. The molecule has 0 bridgehead atoms. The third-order valence-electron chi connectivity index (χ3n) is 4.14. The zero-order valence-electron chi connectivity index (χ0n) is 14.7. The molecule has 0 saturated heterocycles. The predicted molar refractivity (Wildman–Crippen MR) is 98.7 cm³/mol. The third-order valence-corrected chi connectivity index (χ3v) is 4.14. The number of hydrogen-bond donors (Lipinski definition) is 1. The SMILES string of the molecule is Cc1ccc(-n2nc(O)c(CC(C)C)c2-c2cccc(C)c2)cc1. The number of aryl methyl sites for hydroxylation is 2. The minimum absolute atomic E-state index is 0.126. The van der Waals surface area contributed by atoms with Gasteiger partial charge in [-0.05, 0) is 44.4 Å². The van der Waals surface area contributed by atoms with E-state index < -0.39 is 0 Å². The lowest BCUT2D eigenvalue weighted by Crippen LogP contribution is -2.02. The van der Waals surface area contributed by atoms with Gasteiger partial charge in [-0.3, -0.25) is 0 Å². The van der Waals surface area contributed by atoms with Crippen molar-refractivity contribution in [1.82, 2.24) is 9.78 Å².